The van der Waals surface area contributed by atoms with Crippen LogP contribution in [0.4, 0.5) is 5.69 Å². The number of nitriles is 1. The average Bonchev–Trinajstić information content (AvgIpc) is 2.10. The first-order valence-electron chi connectivity index (χ1n) is 3.58. The van der Waals surface area contributed by atoms with Gasteiger partial charge in [-0.1, -0.05) is 11.6 Å². The van der Waals surface area contributed by atoms with E-state index in [9.17, 15) is 4.79 Å². The number of nitrogen functional groups attached to an aromatic ring is 1. The molecule has 1 aromatic rings. The molecule has 0 radical (unpaired) electrons. The number of aryl methyl sites for hydroxylation is 1. The first-order valence-corrected chi connectivity index (χ1v) is 3.95. The van der Waals surface area contributed by atoms with Gasteiger partial charge in [-0.3, -0.25) is 0 Å². The highest BCUT2D eigenvalue weighted by atomic mass is 35.5. The molecule has 5 nitrogen and oxygen atoms in total. The largest absolute Gasteiger partial charge is 0.478 e. The Hall–Kier alpha value is -1.80. The van der Waals surface area contributed by atoms with E-state index >= 15 is 0 Å². The van der Waals surface area contributed by atoms with Gasteiger partial charge >= 0.3 is 5.97 Å². The summed E-state index contributed by atoms with van der Waals surface area (Å²) in [6.45, 7) is 1.52. The number of carboxylic acid groups (broad SMARTS) is 1. The van der Waals surface area contributed by atoms with Gasteiger partial charge in [0.05, 0.1) is 11.4 Å². The molecule has 0 bridgehead atoms. The van der Waals surface area contributed by atoms with Crippen LogP contribution in [-0.4, -0.2) is 16.1 Å². The molecule has 1 heterocycles. The Bertz CT molecular complexity index is 451. The Labute approximate surface area is 84.7 Å². The fourth-order valence-corrected chi connectivity index (χ4v) is 1.27. The van der Waals surface area contributed by atoms with Crippen molar-refractivity contribution in [2.45, 2.75) is 6.92 Å². The van der Waals surface area contributed by atoms with E-state index in [4.69, 9.17) is 27.7 Å². The van der Waals surface area contributed by atoms with Gasteiger partial charge in [0, 0.05) is 0 Å². The van der Waals surface area contributed by atoms with Crippen LogP contribution in [0.25, 0.3) is 0 Å². The van der Waals surface area contributed by atoms with Gasteiger partial charge in [0.2, 0.25) is 0 Å². The van der Waals surface area contributed by atoms with E-state index in [2.05, 4.69) is 4.98 Å². The predicted molar refractivity (Wildman–Crippen MR) is 50.1 cm³/mol. The molecule has 0 unspecified atom stereocenters. The molecule has 72 valence electrons. The summed E-state index contributed by atoms with van der Waals surface area (Å²) < 4.78 is 0. The molecule has 1 aromatic heterocycles. The zero-order valence-corrected chi connectivity index (χ0v) is 7.96. The number of aromatic nitrogens is 1. The lowest BCUT2D eigenvalue weighted by atomic mass is 10.1. The molecule has 0 fully saturated rings. The second-order valence-electron chi connectivity index (χ2n) is 2.57. The molecule has 0 aliphatic carbocycles. The van der Waals surface area contributed by atoms with Gasteiger partial charge in [0.25, 0.3) is 0 Å². The number of carboxylic acids is 1. The van der Waals surface area contributed by atoms with Crippen LogP contribution >= 0.6 is 11.6 Å². The lowest BCUT2D eigenvalue weighted by Gasteiger charge is -2.06. The van der Waals surface area contributed by atoms with Crippen LogP contribution in [0.3, 0.4) is 0 Å². The second-order valence-corrected chi connectivity index (χ2v) is 2.93. The Morgan fingerprint density at radius 2 is 2.29 bits per heavy atom. The maximum absolute atomic E-state index is 10.8. The molecule has 6 heteroatoms. The van der Waals surface area contributed by atoms with Crippen LogP contribution in [0.15, 0.2) is 0 Å². The van der Waals surface area contributed by atoms with Gasteiger partial charge < -0.3 is 10.8 Å². The number of carbonyl (C=O) groups is 1. The van der Waals surface area contributed by atoms with Crippen molar-refractivity contribution < 1.29 is 9.90 Å². The van der Waals surface area contributed by atoms with E-state index in [1.54, 1.807) is 6.07 Å². The Morgan fingerprint density at radius 1 is 1.71 bits per heavy atom. The monoisotopic (exact) mass is 211 g/mol. The molecular weight excluding hydrogens is 206 g/mol. The van der Waals surface area contributed by atoms with Crippen molar-refractivity contribution in [2.75, 3.05) is 5.73 Å². The third-order valence-corrected chi connectivity index (χ3v) is 1.98. The van der Waals surface area contributed by atoms with Gasteiger partial charge in [-0.05, 0) is 6.92 Å². The Balaban J connectivity index is 3.67. The predicted octanol–water partition coefficient (Wildman–Crippen LogP) is 1.20. The molecule has 14 heavy (non-hydrogen) atoms. The first kappa shape index (κ1) is 10.3. The van der Waals surface area contributed by atoms with E-state index in [0.717, 1.165) is 0 Å². The highest BCUT2D eigenvalue weighted by molar-refractivity contribution is 6.31. The number of hydrogen-bond acceptors (Lipinski definition) is 4. The molecular formula is C8H6ClN3O2. The van der Waals surface area contributed by atoms with Crippen LogP contribution in [0.2, 0.25) is 5.15 Å². The maximum atomic E-state index is 10.8. The smallest absolute Gasteiger partial charge is 0.339 e. The molecule has 0 amide bonds. The molecule has 0 aliphatic heterocycles. The topological polar surface area (TPSA) is 100 Å². The van der Waals surface area contributed by atoms with E-state index in [1.807, 2.05) is 0 Å². The summed E-state index contributed by atoms with van der Waals surface area (Å²) in [6.07, 6.45) is 0. The number of rotatable bonds is 1. The summed E-state index contributed by atoms with van der Waals surface area (Å²) in [7, 11) is 0. The first-order chi connectivity index (χ1) is 6.49. The highest BCUT2D eigenvalue weighted by Crippen LogP contribution is 2.24. The van der Waals surface area contributed by atoms with Crippen LogP contribution in [0, 0.1) is 18.3 Å². The van der Waals surface area contributed by atoms with E-state index in [0.29, 0.717) is 5.69 Å². The quantitative estimate of drug-likeness (QED) is 0.680. The van der Waals surface area contributed by atoms with Crippen LogP contribution in [0.5, 0.6) is 0 Å². The highest BCUT2D eigenvalue weighted by Gasteiger charge is 2.20. The number of pyridine rings is 1. The van der Waals surface area contributed by atoms with Crippen LogP contribution < -0.4 is 5.73 Å². The molecule has 0 aromatic carbocycles. The van der Waals surface area contributed by atoms with Crippen molar-refractivity contribution >= 4 is 23.3 Å². The van der Waals surface area contributed by atoms with Crippen molar-refractivity contribution in [1.82, 2.24) is 4.98 Å². The number of anilines is 1. The van der Waals surface area contributed by atoms with Gasteiger partial charge in [0.15, 0.2) is 0 Å². The summed E-state index contributed by atoms with van der Waals surface area (Å²) in [5, 5.41) is 17.3. The summed E-state index contributed by atoms with van der Waals surface area (Å²) in [6, 6.07) is 1.66. The molecule has 1 rings (SSSR count). The number of halogens is 1. The fourth-order valence-electron chi connectivity index (χ4n) is 1.01. The zero-order valence-electron chi connectivity index (χ0n) is 7.21. The number of nitrogens with two attached hydrogens (primary N) is 1. The Kier molecular flexibility index (Phi) is 2.58. The fraction of sp³-hybridized carbons (Fsp3) is 0.125. The van der Waals surface area contributed by atoms with Gasteiger partial charge in [0.1, 0.15) is 22.3 Å². The van der Waals surface area contributed by atoms with Gasteiger partial charge in [-0.25, -0.2) is 9.78 Å². The lowest BCUT2D eigenvalue weighted by Crippen LogP contribution is -2.09. The minimum absolute atomic E-state index is 0.0292. The minimum atomic E-state index is -1.29. The number of aromatic carboxylic acids is 1. The third kappa shape index (κ3) is 1.47. The molecule has 0 saturated carbocycles. The van der Waals surface area contributed by atoms with Crippen molar-refractivity contribution in [3.05, 3.63) is 22.0 Å². The third-order valence-electron chi connectivity index (χ3n) is 1.71. The molecule has 0 spiro atoms. The molecule has 3 N–H and O–H groups in total. The standard InChI is InChI=1S/C8H6ClN3O2/c1-3-6(11)5(8(13)14)4(2-10)7(9)12-3/h11H2,1H3,(H,13,14). The van der Waals surface area contributed by atoms with E-state index < -0.39 is 5.97 Å². The van der Waals surface area contributed by atoms with Crippen molar-refractivity contribution in [2.24, 2.45) is 0 Å². The van der Waals surface area contributed by atoms with Crippen molar-refractivity contribution in [1.29, 1.82) is 5.26 Å². The molecule has 0 saturated heterocycles. The van der Waals surface area contributed by atoms with Gasteiger partial charge in [-0.2, -0.15) is 5.26 Å². The molecule has 0 aliphatic rings. The van der Waals surface area contributed by atoms with Gasteiger partial charge in [-0.15, -0.1) is 0 Å². The summed E-state index contributed by atoms with van der Waals surface area (Å²) in [5.41, 5.74) is 5.25. The lowest BCUT2D eigenvalue weighted by molar-refractivity contribution is 0.0697. The Morgan fingerprint density at radius 3 is 2.71 bits per heavy atom. The SMILES string of the molecule is Cc1nc(Cl)c(C#N)c(C(=O)O)c1N. The van der Waals surface area contributed by atoms with Crippen LogP contribution in [-0.2, 0) is 0 Å². The maximum Gasteiger partial charge on any atom is 0.339 e. The van der Waals surface area contributed by atoms with Crippen LogP contribution in [0.1, 0.15) is 21.6 Å². The summed E-state index contributed by atoms with van der Waals surface area (Å²) in [5.74, 6) is -1.29. The zero-order chi connectivity index (χ0) is 10.9. The summed E-state index contributed by atoms with van der Waals surface area (Å²) in [4.78, 5) is 14.5. The number of nitrogens with zero attached hydrogens (tertiary/aromatic N) is 2. The second kappa shape index (κ2) is 3.52. The van der Waals surface area contributed by atoms with E-state index in [-0.39, 0.29) is 22.0 Å². The minimum Gasteiger partial charge on any atom is -0.478 e. The normalized spacial score (nSPS) is 9.50. The molecule has 0 atom stereocenters. The number of hydrogen-bond donors (Lipinski definition) is 2. The van der Waals surface area contributed by atoms with E-state index in [1.165, 1.54) is 6.92 Å². The van der Waals surface area contributed by atoms with Crippen molar-refractivity contribution in [3.63, 3.8) is 0 Å². The average molecular weight is 212 g/mol. The summed E-state index contributed by atoms with van der Waals surface area (Å²) >= 11 is 5.60. The van der Waals surface area contributed by atoms with Crippen molar-refractivity contribution in [3.8, 4) is 6.07 Å².